The Bertz CT molecular complexity index is 954. The average Bonchev–Trinajstić information content (AvgIpc) is 3.23. The van der Waals surface area contributed by atoms with Gasteiger partial charge >= 0.3 is 0 Å². The summed E-state index contributed by atoms with van der Waals surface area (Å²) in [6.07, 6.45) is 0.603. The first-order chi connectivity index (χ1) is 11.8. The van der Waals surface area contributed by atoms with Crippen molar-refractivity contribution in [1.29, 1.82) is 0 Å². The van der Waals surface area contributed by atoms with Crippen LogP contribution in [-0.2, 0) is 26.9 Å². The first kappa shape index (κ1) is 16.7. The van der Waals surface area contributed by atoms with Crippen molar-refractivity contribution in [3.8, 4) is 0 Å². The Labute approximate surface area is 151 Å². The second kappa shape index (κ2) is 5.62. The number of sulfonamides is 1. The predicted octanol–water partition coefficient (Wildman–Crippen LogP) is 2.10. The molecule has 1 aromatic carbocycles. The van der Waals surface area contributed by atoms with Crippen LogP contribution in [0.1, 0.15) is 29.6 Å². The molecule has 1 aromatic heterocycles. The number of hydrogen-bond acceptors (Lipinski definition) is 5. The van der Waals surface area contributed by atoms with Crippen molar-refractivity contribution < 1.29 is 13.2 Å². The lowest BCUT2D eigenvalue weighted by Crippen LogP contribution is -2.46. The number of benzene rings is 1. The minimum atomic E-state index is -3.62. The Morgan fingerprint density at radius 1 is 1.36 bits per heavy atom. The summed E-state index contributed by atoms with van der Waals surface area (Å²) in [5.74, 6) is -0.0249. The van der Waals surface area contributed by atoms with Crippen LogP contribution < -0.4 is 0 Å². The summed E-state index contributed by atoms with van der Waals surface area (Å²) in [5, 5.41) is 2.81. The molecule has 1 saturated heterocycles. The number of rotatable bonds is 2. The van der Waals surface area contributed by atoms with Gasteiger partial charge < -0.3 is 4.90 Å². The first-order valence-corrected chi connectivity index (χ1v) is 10.5. The largest absolute Gasteiger partial charge is 0.341 e. The highest BCUT2D eigenvalue weighted by Gasteiger charge is 2.57. The Hall–Kier alpha value is -1.77. The molecule has 1 spiro atoms. The summed E-state index contributed by atoms with van der Waals surface area (Å²) < 4.78 is 28.0. The monoisotopic (exact) mass is 377 g/mol. The molecule has 0 aliphatic carbocycles. The van der Waals surface area contributed by atoms with Gasteiger partial charge in [0.15, 0.2) is 0 Å². The molecule has 2 aliphatic heterocycles. The molecule has 1 unspecified atom stereocenters. The number of thiazole rings is 1. The van der Waals surface area contributed by atoms with Crippen molar-refractivity contribution in [2.45, 2.75) is 37.2 Å². The second-order valence-electron chi connectivity index (χ2n) is 6.59. The fourth-order valence-corrected chi connectivity index (χ4v) is 6.55. The number of likely N-dealkylation sites (tertiary alicyclic amines) is 1. The molecule has 4 rings (SSSR count). The standard InChI is InChI=1S/C17H19N3O3S2/c1-12-18-14(10-24-12)9-20-17(7-8-19(11-17)13(2)21)15-5-3-4-6-16(15)25(20,22)23/h3-6,10H,7-9,11H2,1-2H3. The zero-order valence-electron chi connectivity index (χ0n) is 14.1. The molecular formula is C17H19N3O3S2. The Balaban J connectivity index is 1.84. The van der Waals surface area contributed by atoms with Crippen molar-refractivity contribution in [1.82, 2.24) is 14.2 Å². The highest BCUT2D eigenvalue weighted by molar-refractivity contribution is 7.89. The minimum Gasteiger partial charge on any atom is -0.341 e. The van der Waals surface area contributed by atoms with E-state index in [0.717, 1.165) is 16.3 Å². The van der Waals surface area contributed by atoms with Gasteiger partial charge in [0.1, 0.15) is 0 Å². The van der Waals surface area contributed by atoms with Crippen LogP contribution in [0.15, 0.2) is 34.5 Å². The molecule has 0 bridgehead atoms. The SMILES string of the molecule is CC(=O)N1CCC2(C1)c1ccccc1S(=O)(=O)N2Cc1csc(C)n1. The van der Waals surface area contributed by atoms with E-state index in [1.807, 2.05) is 24.4 Å². The summed E-state index contributed by atoms with van der Waals surface area (Å²) in [6, 6.07) is 7.15. The van der Waals surface area contributed by atoms with E-state index >= 15 is 0 Å². The van der Waals surface area contributed by atoms with Crippen molar-refractivity contribution in [2.24, 2.45) is 0 Å². The molecule has 3 heterocycles. The third-order valence-corrected chi connectivity index (χ3v) is 7.89. The third-order valence-electron chi connectivity index (χ3n) is 5.10. The predicted molar refractivity (Wildman–Crippen MR) is 94.6 cm³/mol. The smallest absolute Gasteiger partial charge is 0.244 e. The molecular weight excluding hydrogens is 358 g/mol. The number of aryl methyl sites for hydroxylation is 1. The molecule has 2 aromatic rings. The molecule has 0 radical (unpaired) electrons. The normalized spacial score (nSPS) is 24.8. The highest BCUT2D eigenvalue weighted by Crippen LogP contribution is 2.50. The molecule has 132 valence electrons. The van der Waals surface area contributed by atoms with Crippen molar-refractivity contribution >= 4 is 27.3 Å². The van der Waals surface area contributed by atoms with E-state index in [1.165, 1.54) is 18.3 Å². The number of hydrogen-bond donors (Lipinski definition) is 0. The van der Waals surface area contributed by atoms with Gasteiger partial charge in [0.2, 0.25) is 15.9 Å². The van der Waals surface area contributed by atoms with Gasteiger partial charge in [-0.1, -0.05) is 18.2 Å². The van der Waals surface area contributed by atoms with Crippen LogP contribution in [0.5, 0.6) is 0 Å². The topological polar surface area (TPSA) is 70.6 Å². The fourth-order valence-electron chi connectivity index (χ4n) is 3.91. The average molecular weight is 377 g/mol. The zero-order chi connectivity index (χ0) is 17.8. The minimum absolute atomic E-state index is 0.0249. The lowest BCUT2D eigenvalue weighted by atomic mass is 9.89. The second-order valence-corrected chi connectivity index (χ2v) is 9.48. The summed E-state index contributed by atoms with van der Waals surface area (Å²) in [5.41, 5.74) is 0.851. The van der Waals surface area contributed by atoms with Crippen molar-refractivity contribution in [3.05, 3.63) is 45.9 Å². The van der Waals surface area contributed by atoms with Crippen molar-refractivity contribution in [2.75, 3.05) is 13.1 Å². The molecule has 0 N–H and O–H groups in total. The summed E-state index contributed by atoms with van der Waals surface area (Å²) in [6.45, 7) is 4.62. The molecule has 6 nitrogen and oxygen atoms in total. The Kier molecular flexibility index (Phi) is 3.75. The number of amides is 1. The number of aromatic nitrogens is 1. The number of fused-ring (bicyclic) bond motifs is 2. The van der Waals surface area contributed by atoms with E-state index in [2.05, 4.69) is 4.98 Å². The van der Waals surface area contributed by atoms with Gasteiger partial charge in [0.25, 0.3) is 0 Å². The van der Waals surface area contributed by atoms with E-state index in [-0.39, 0.29) is 12.5 Å². The van der Waals surface area contributed by atoms with Crippen LogP contribution in [0.2, 0.25) is 0 Å². The summed E-state index contributed by atoms with van der Waals surface area (Å²) in [7, 11) is -3.62. The van der Waals surface area contributed by atoms with E-state index in [4.69, 9.17) is 0 Å². The maximum absolute atomic E-state index is 13.2. The van der Waals surface area contributed by atoms with Crippen LogP contribution in [0.3, 0.4) is 0 Å². The Morgan fingerprint density at radius 3 is 2.76 bits per heavy atom. The van der Waals surface area contributed by atoms with Gasteiger partial charge in [-0.2, -0.15) is 4.31 Å². The van der Waals surface area contributed by atoms with Gasteiger partial charge in [-0.05, 0) is 25.0 Å². The quantitative estimate of drug-likeness (QED) is 0.804. The van der Waals surface area contributed by atoms with Gasteiger partial charge in [-0.15, -0.1) is 11.3 Å². The van der Waals surface area contributed by atoms with E-state index in [0.29, 0.717) is 24.4 Å². The van der Waals surface area contributed by atoms with E-state index < -0.39 is 15.6 Å². The van der Waals surface area contributed by atoms with Crippen LogP contribution in [0.4, 0.5) is 0 Å². The summed E-state index contributed by atoms with van der Waals surface area (Å²) in [4.78, 5) is 18.4. The third kappa shape index (κ3) is 2.43. The molecule has 8 heteroatoms. The molecule has 1 atom stereocenters. The van der Waals surface area contributed by atoms with Crippen LogP contribution in [0.25, 0.3) is 0 Å². The van der Waals surface area contributed by atoms with Gasteiger partial charge in [-0.3, -0.25) is 4.79 Å². The fraction of sp³-hybridized carbons (Fsp3) is 0.412. The maximum atomic E-state index is 13.2. The van der Waals surface area contributed by atoms with Crippen LogP contribution in [0, 0.1) is 6.92 Å². The zero-order valence-corrected chi connectivity index (χ0v) is 15.7. The van der Waals surface area contributed by atoms with Gasteiger partial charge in [0.05, 0.1) is 27.7 Å². The molecule has 1 fully saturated rings. The number of carbonyl (C=O) groups excluding carboxylic acids is 1. The molecule has 2 aliphatic rings. The summed E-state index contributed by atoms with van der Waals surface area (Å²) >= 11 is 1.51. The molecule has 0 saturated carbocycles. The first-order valence-electron chi connectivity index (χ1n) is 8.13. The number of carbonyl (C=O) groups is 1. The lowest BCUT2D eigenvalue weighted by Gasteiger charge is -2.33. The maximum Gasteiger partial charge on any atom is 0.244 e. The van der Waals surface area contributed by atoms with Crippen LogP contribution >= 0.6 is 11.3 Å². The molecule has 1 amide bonds. The van der Waals surface area contributed by atoms with Crippen LogP contribution in [-0.4, -0.2) is 41.6 Å². The number of nitrogens with zero attached hydrogens (tertiary/aromatic N) is 3. The molecule has 25 heavy (non-hydrogen) atoms. The van der Waals surface area contributed by atoms with Gasteiger partial charge in [-0.25, -0.2) is 13.4 Å². The van der Waals surface area contributed by atoms with E-state index in [9.17, 15) is 13.2 Å². The van der Waals surface area contributed by atoms with Gasteiger partial charge in [0, 0.05) is 25.4 Å². The highest BCUT2D eigenvalue weighted by atomic mass is 32.2. The van der Waals surface area contributed by atoms with Crippen molar-refractivity contribution in [3.63, 3.8) is 0 Å². The lowest BCUT2D eigenvalue weighted by molar-refractivity contribution is -0.128. The van der Waals surface area contributed by atoms with E-state index in [1.54, 1.807) is 21.3 Å². The Morgan fingerprint density at radius 2 is 2.12 bits per heavy atom.